The van der Waals surface area contributed by atoms with Gasteiger partial charge >= 0.3 is 0 Å². The molecule has 0 N–H and O–H groups in total. The van der Waals surface area contributed by atoms with Crippen LogP contribution in [-0.4, -0.2) is 21.0 Å². The summed E-state index contributed by atoms with van der Waals surface area (Å²) in [5, 5.41) is 3.95. The summed E-state index contributed by atoms with van der Waals surface area (Å²) in [6.45, 7) is 0. The minimum Gasteiger partial charge on any atom is -0.234 e. The molecule has 4 aliphatic rings. The van der Waals surface area contributed by atoms with E-state index in [4.69, 9.17) is 30.0 Å². The highest BCUT2D eigenvalue weighted by Crippen LogP contribution is 2.33. The van der Waals surface area contributed by atoms with Crippen molar-refractivity contribution < 1.29 is 0 Å². The highest BCUT2D eigenvalue weighted by atomic mass is 15.5. The van der Waals surface area contributed by atoms with Gasteiger partial charge in [0.2, 0.25) is 0 Å². The number of hydrogen-bond acceptors (Lipinski definition) is 6. The van der Waals surface area contributed by atoms with E-state index in [1.165, 1.54) is 0 Å². The van der Waals surface area contributed by atoms with Crippen LogP contribution in [0.2, 0.25) is 0 Å². The van der Waals surface area contributed by atoms with Gasteiger partial charge in [0.05, 0.1) is 0 Å². The maximum absolute atomic E-state index is 5.32. The van der Waals surface area contributed by atoms with Crippen molar-refractivity contribution in [2.24, 2.45) is 30.0 Å². The van der Waals surface area contributed by atoms with Crippen molar-refractivity contribution in [1.82, 2.24) is 9.35 Å². The van der Waals surface area contributed by atoms with E-state index in [9.17, 15) is 0 Å². The minimum atomic E-state index is -0.407. The van der Waals surface area contributed by atoms with Crippen molar-refractivity contribution >= 4 is 33.2 Å². The highest BCUT2D eigenvalue weighted by molar-refractivity contribution is 6.04. The van der Waals surface area contributed by atoms with Crippen molar-refractivity contribution in [3.05, 3.63) is 141 Å². The Balaban J connectivity index is 1.53. The minimum absolute atomic E-state index is 0.407. The Kier molecular flexibility index (Phi) is 3.64. The molecule has 0 radical (unpaired) electrons. The van der Waals surface area contributed by atoms with Gasteiger partial charge in [0.15, 0.2) is 46.0 Å². The fourth-order valence-corrected chi connectivity index (χ4v) is 6.41. The van der Waals surface area contributed by atoms with Gasteiger partial charge in [-0.1, -0.05) is 97.1 Å². The SMILES string of the molecule is c1ccc2c(c1)C1=NC2/N=c2/c3ccccc3/c3n2-n2/c(c4ccccc4/c2=N/C2N=C(/N=3)c3ccccc32)=N\1. The summed E-state index contributed by atoms with van der Waals surface area (Å²) < 4.78 is 4.15. The average molecular weight is 515 g/mol. The summed E-state index contributed by atoms with van der Waals surface area (Å²) in [5.41, 5.74) is 7.12. The molecule has 4 aromatic carbocycles. The number of rotatable bonds is 0. The fraction of sp³-hybridized carbons (Fsp3) is 0.0625. The van der Waals surface area contributed by atoms with Gasteiger partial charge in [0, 0.05) is 43.8 Å². The summed E-state index contributed by atoms with van der Waals surface area (Å²) in [6, 6.07) is 33.0. The summed E-state index contributed by atoms with van der Waals surface area (Å²) in [7, 11) is 0. The number of aromatic nitrogens is 2. The third kappa shape index (κ3) is 2.46. The molecule has 6 heterocycles. The van der Waals surface area contributed by atoms with Crippen LogP contribution in [0.1, 0.15) is 34.6 Å². The molecule has 8 heteroatoms. The molecule has 0 saturated heterocycles. The summed E-state index contributed by atoms with van der Waals surface area (Å²) >= 11 is 0. The van der Waals surface area contributed by atoms with Crippen LogP contribution in [-0.2, 0) is 0 Å². The lowest BCUT2D eigenvalue weighted by atomic mass is 10.1. The lowest BCUT2D eigenvalue weighted by molar-refractivity contribution is 0.547. The van der Waals surface area contributed by atoms with E-state index in [-0.39, 0.29) is 0 Å². The molecular weight excluding hydrogens is 496 g/mol. The van der Waals surface area contributed by atoms with Crippen LogP contribution >= 0.6 is 0 Å². The van der Waals surface area contributed by atoms with Crippen molar-refractivity contribution in [3.8, 4) is 0 Å². The van der Waals surface area contributed by atoms with Crippen LogP contribution < -0.4 is 22.0 Å². The lowest BCUT2D eigenvalue weighted by Gasteiger charge is -2.11. The summed E-state index contributed by atoms with van der Waals surface area (Å²) in [5.74, 6) is 1.35. The van der Waals surface area contributed by atoms with Crippen LogP contribution in [0.25, 0.3) is 21.5 Å². The first-order chi connectivity index (χ1) is 19.8. The van der Waals surface area contributed by atoms with E-state index < -0.39 is 12.3 Å². The van der Waals surface area contributed by atoms with E-state index in [0.717, 1.165) is 65.7 Å². The van der Waals surface area contributed by atoms with E-state index in [1.807, 2.05) is 48.5 Å². The summed E-state index contributed by atoms with van der Waals surface area (Å²) in [6.07, 6.45) is -0.813. The van der Waals surface area contributed by atoms with Crippen LogP contribution in [0.3, 0.4) is 0 Å². The molecule has 10 rings (SSSR count). The smallest absolute Gasteiger partial charge is 0.170 e. The van der Waals surface area contributed by atoms with Crippen molar-refractivity contribution in [2.45, 2.75) is 12.3 Å². The second-order valence-corrected chi connectivity index (χ2v) is 10.3. The van der Waals surface area contributed by atoms with Gasteiger partial charge in [-0.05, 0) is 0 Å². The van der Waals surface area contributed by atoms with Gasteiger partial charge < -0.3 is 0 Å². The van der Waals surface area contributed by atoms with Crippen LogP contribution in [0, 0.1) is 0 Å². The third-order valence-corrected chi connectivity index (χ3v) is 8.18. The number of amidine groups is 2. The number of benzene rings is 4. The van der Waals surface area contributed by atoms with E-state index in [2.05, 4.69) is 57.9 Å². The molecule has 186 valence electrons. The first-order valence-corrected chi connectivity index (χ1v) is 13.3. The van der Waals surface area contributed by atoms with Crippen molar-refractivity contribution in [1.29, 1.82) is 0 Å². The molecule has 4 bridgehead atoms. The van der Waals surface area contributed by atoms with Crippen molar-refractivity contribution in [2.75, 3.05) is 0 Å². The number of aliphatic imine (C=N–C) groups is 2. The lowest BCUT2D eigenvalue weighted by Crippen LogP contribution is -2.45. The maximum Gasteiger partial charge on any atom is 0.170 e. The highest BCUT2D eigenvalue weighted by Gasteiger charge is 2.30. The molecule has 40 heavy (non-hydrogen) atoms. The Morgan fingerprint density at radius 1 is 0.400 bits per heavy atom. The maximum atomic E-state index is 5.32. The van der Waals surface area contributed by atoms with E-state index in [1.54, 1.807) is 0 Å². The second-order valence-electron chi connectivity index (χ2n) is 10.3. The molecule has 0 saturated carbocycles. The Labute approximate surface area is 226 Å². The molecule has 4 aliphatic heterocycles. The Bertz CT molecular complexity index is 2290. The van der Waals surface area contributed by atoms with Gasteiger partial charge in [0.25, 0.3) is 0 Å². The predicted molar refractivity (Wildman–Crippen MR) is 151 cm³/mol. The largest absolute Gasteiger partial charge is 0.234 e. The topological polar surface area (TPSA) is 84.0 Å². The van der Waals surface area contributed by atoms with E-state index >= 15 is 0 Å². The number of fused-ring (bicyclic) bond motifs is 14. The molecule has 2 unspecified atom stereocenters. The van der Waals surface area contributed by atoms with Gasteiger partial charge in [-0.25, -0.2) is 39.3 Å². The van der Waals surface area contributed by atoms with Crippen LogP contribution in [0.5, 0.6) is 0 Å². The quantitative estimate of drug-likeness (QED) is 0.298. The predicted octanol–water partition coefficient (Wildman–Crippen LogP) is 3.33. The van der Waals surface area contributed by atoms with Crippen LogP contribution in [0.4, 0.5) is 0 Å². The zero-order valence-electron chi connectivity index (χ0n) is 21.0. The zero-order valence-corrected chi connectivity index (χ0v) is 21.0. The van der Waals surface area contributed by atoms with Gasteiger partial charge in [-0.15, -0.1) is 0 Å². The molecule has 0 fully saturated rings. The molecule has 6 aromatic rings. The van der Waals surface area contributed by atoms with Gasteiger partial charge in [-0.2, -0.15) is 0 Å². The van der Waals surface area contributed by atoms with E-state index in [0.29, 0.717) is 11.7 Å². The number of nitrogens with zero attached hydrogens (tertiary/aromatic N) is 8. The molecular formula is C32H18N8. The molecule has 8 nitrogen and oxygen atoms in total. The second kappa shape index (κ2) is 7.12. The Morgan fingerprint density at radius 3 is 1.23 bits per heavy atom. The Hall–Kier alpha value is -5.50. The number of hydrogen-bond donors (Lipinski definition) is 0. The first-order valence-electron chi connectivity index (χ1n) is 13.3. The zero-order chi connectivity index (χ0) is 25.9. The third-order valence-electron chi connectivity index (χ3n) is 8.18. The fourth-order valence-electron chi connectivity index (χ4n) is 6.41. The molecule has 2 aromatic heterocycles. The summed E-state index contributed by atoms with van der Waals surface area (Å²) in [4.78, 5) is 31.2. The average Bonchev–Trinajstić information content (AvgIpc) is 3.72. The molecule has 0 amide bonds. The normalized spacial score (nSPS) is 22.5. The Morgan fingerprint density at radius 2 is 0.775 bits per heavy atom. The first kappa shape index (κ1) is 20.5. The van der Waals surface area contributed by atoms with Gasteiger partial charge in [-0.3, -0.25) is 0 Å². The van der Waals surface area contributed by atoms with Crippen molar-refractivity contribution in [3.63, 3.8) is 0 Å². The molecule has 0 spiro atoms. The molecule has 2 atom stereocenters. The van der Waals surface area contributed by atoms with Crippen LogP contribution in [0.15, 0.2) is 127 Å². The van der Waals surface area contributed by atoms with Gasteiger partial charge in [0.1, 0.15) is 0 Å². The molecule has 0 aliphatic carbocycles. The standard InChI is InChI=1S/C32H18N8/c1-2-10-18-17(9-1)25-33-26(18)36-30-23-15-7-8-16-24(23)32-38-28-20-12-4-3-11-19(20)27(34-28)37-31-22-14-6-5-13-21(22)29(35-25)39(31)40(30)32/h1-16,25,28H/b35-29-,36-30-,37-31+,38-32-. The monoisotopic (exact) mass is 514 g/mol.